The number of benzene rings is 1. The Morgan fingerprint density at radius 2 is 2.17 bits per heavy atom. The maximum atomic E-state index is 5.54. The van der Waals surface area contributed by atoms with Crippen LogP contribution in [0.5, 0.6) is 5.75 Å². The molecule has 1 aromatic carbocycles. The highest BCUT2D eigenvalue weighted by Crippen LogP contribution is 2.30. The van der Waals surface area contributed by atoms with Crippen molar-refractivity contribution in [2.24, 2.45) is 11.8 Å². The lowest BCUT2D eigenvalue weighted by atomic mass is 9.84. The number of nitrogens with one attached hydrogen (secondary N) is 1. The molecule has 1 saturated heterocycles. The van der Waals surface area contributed by atoms with Gasteiger partial charge in [0, 0.05) is 18.4 Å². The molecule has 0 spiro atoms. The highest BCUT2D eigenvalue weighted by atomic mass is 16.5. The fraction of sp³-hybridized carbons (Fsp3) is 0.556. The highest BCUT2D eigenvalue weighted by molar-refractivity contribution is 5.59. The third kappa shape index (κ3) is 3.11. The van der Waals surface area contributed by atoms with Crippen molar-refractivity contribution < 1.29 is 9.26 Å². The Morgan fingerprint density at radius 1 is 1.30 bits per heavy atom. The molecule has 23 heavy (non-hydrogen) atoms. The molecule has 0 saturated carbocycles. The van der Waals surface area contributed by atoms with Gasteiger partial charge < -0.3 is 14.6 Å². The summed E-state index contributed by atoms with van der Waals surface area (Å²) in [5.41, 5.74) is 2.25. The number of piperidine rings is 1. The Balaban J connectivity index is 1.46. The Hall–Kier alpha value is -1.88. The summed E-state index contributed by atoms with van der Waals surface area (Å²) in [6, 6.07) is 6.13. The molecule has 1 aromatic heterocycles. The van der Waals surface area contributed by atoms with Crippen molar-refractivity contribution >= 4 is 0 Å². The monoisotopic (exact) mass is 313 g/mol. The number of hydrogen-bond donors (Lipinski definition) is 1. The van der Waals surface area contributed by atoms with Crippen molar-refractivity contribution in [3.8, 4) is 17.1 Å². The lowest BCUT2D eigenvalue weighted by molar-refractivity contribution is 0.253. The van der Waals surface area contributed by atoms with E-state index in [0.29, 0.717) is 11.7 Å². The Labute approximate surface area is 136 Å². The molecule has 122 valence electrons. The van der Waals surface area contributed by atoms with Crippen LogP contribution in [-0.4, -0.2) is 29.8 Å². The minimum atomic E-state index is 0.582. The van der Waals surface area contributed by atoms with Crippen molar-refractivity contribution in [2.45, 2.75) is 32.6 Å². The predicted octanol–water partition coefficient (Wildman–Crippen LogP) is 2.85. The average molecular weight is 313 g/mol. The van der Waals surface area contributed by atoms with Crippen LogP contribution in [0.1, 0.15) is 31.2 Å². The van der Waals surface area contributed by atoms with E-state index in [4.69, 9.17) is 9.26 Å². The second kappa shape index (κ2) is 6.32. The first-order valence-electron chi connectivity index (χ1n) is 8.59. The van der Waals surface area contributed by atoms with Crippen molar-refractivity contribution in [2.75, 3.05) is 19.7 Å². The SMILES string of the molecule is CC(Cc1nc(-c2ccc3c(c2)CCO3)no1)C1CCNCC1. The van der Waals surface area contributed by atoms with E-state index in [9.17, 15) is 0 Å². The first kappa shape index (κ1) is 14.7. The van der Waals surface area contributed by atoms with E-state index < -0.39 is 0 Å². The third-order valence-corrected chi connectivity index (χ3v) is 5.10. The Kier molecular flexibility index (Phi) is 4.04. The molecule has 2 aliphatic heterocycles. The number of fused-ring (bicyclic) bond motifs is 1. The number of ether oxygens (including phenoxy) is 1. The summed E-state index contributed by atoms with van der Waals surface area (Å²) in [7, 11) is 0. The van der Waals surface area contributed by atoms with Crippen LogP contribution in [0.15, 0.2) is 22.7 Å². The summed E-state index contributed by atoms with van der Waals surface area (Å²) in [6.45, 7) is 5.32. The molecule has 1 N–H and O–H groups in total. The largest absolute Gasteiger partial charge is 0.493 e. The van der Waals surface area contributed by atoms with Crippen LogP contribution in [0.2, 0.25) is 0 Å². The fourth-order valence-corrected chi connectivity index (χ4v) is 3.64. The highest BCUT2D eigenvalue weighted by Gasteiger charge is 2.22. The molecule has 3 heterocycles. The molecular weight excluding hydrogens is 290 g/mol. The van der Waals surface area contributed by atoms with Crippen LogP contribution in [-0.2, 0) is 12.8 Å². The van der Waals surface area contributed by atoms with E-state index in [0.717, 1.165) is 55.7 Å². The fourth-order valence-electron chi connectivity index (χ4n) is 3.64. The zero-order valence-electron chi connectivity index (χ0n) is 13.5. The van der Waals surface area contributed by atoms with Crippen molar-refractivity contribution in [3.05, 3.63) is 29.7 Å². The Bertz CT molecular complexity index is 677. The van der Waals surface area contributed by atoms with Crippen LogP contribution >= 0.6 is 0 Å². The summed E-state index contributed by atoms with van der Waals surface area (Å²) < 4.78 is 11.0. The van der Waals surface area contributed by atoms with Gasteiger partial charge >= 0.3 is 0 Å². The van der Waals surface area contributed by atoms with Gasteiger partial charge in [0.2, 0.25) is 11.7 Å². The minimum absolute atomic E-state index is 0.582. The molecule has 0 aliphatic carbocycles. The molecule has 0 bridgehead atoms. The second-order valence-electron chi connectivity index (χ2n) is 6.70. The smallest absolute Gasteiger partial charge is 0.227 e. The van der Waals surface area contributed by atoms with Crippen molar-refractivity contribution in [1.82, 2.24) is 15.5 Å². The molecule has 0 radical (unpaired) electrons. The van der Waals surface area contributed by atoms with Gasteiger partial charge in [-0.05, 0) is 61.5 Å². The van der Waals surface area contributed by atoms with Crippen molar-refractivity contribution in [1.29, 1.82) is 0 Å². The number of hydrogen-bond acceptors (Lipinski definition) is 5. The zero-order valence-corrected chi connectivity index (χ0v) is 13.5. The van der Waals surface area contributed by atoms with Crippen LogP contribution in [0, 0.1) is 11.8 Å². The quantitative estimate of drug-likeness (QED) is 0.940. The second-order valence-corrected chi connectivity index (χ2v) is 6.70. The lowest BCUT2D eigenvalue weighted by Gasteiger charge is -2.27. The van der Waals surface area contributed by atoms with E-state index in [2.05, 4.69) is 28.4 Å². The van der Waals surface area contributed by atoms with Gasteiger partial charge in [0.25, 0.3) is 0 Å². The van der Waals surface area contributed by atoms with Gasteiger partial charge in [0.1, 0.15) is 5.75 Å². The van der Waals surface area contributed by atoms with Gasteiger partial charge in [0.05, 0.1) is 6.61 Å². The lowest BCUT2D eigenvalue weighted by Crippen LogP contribution is -2.31. The maximum absolute atomic E-state index is 5.54. The van der Waals surface area contributed by atoms with E-state index in [1.165, 1.54) is 18.4 Å². The summed E-state index contributed by atoms with van der Waals surface area (Å²) in [4.78, 5) is 4.61. The molecule has 5 nitrogen and oxygen atoms in total. The standard InChI is InChI=1S/C18H23N3O2/c1-12(13-4-7-19-8-5-13)10-17-20-18(21-23-17)15-2-3-16-14(11-15)6-9-22-16/h2-3,11-13,19H,4-10H2,1H3. The summed E-state index contributed by atoms with van der Waals surface area (Å²) in [6.07, 6.45) is 4.31. The van der Waals surface area contributed by atoms with Gasteiger partial charge in [-0.25, -0.2) is 0 Å². The molecule has 1 unspecified atom stereocenters. The van der Waals surface area contributed by atoms with E-state index in [1.54, 1.807) is 0 Å². The Morgan fingerprint density at radius 3 is 3.04 bits per heavy atom. The van der Waals surface area contributed by atoms with E-state index in [1.807, 2.05) is 12.1 Å². The topological polar surface area (TPSA) is 60.2 Å². The van der Waals surface area contributed by atoms with Gasteiger partial charge in [-0.3, -0.25) is 0 Å². The predicted molar refractivity (Wildman–Crippen MR) is 87.4 cm³/mol. The van der Waals surface area contributed by atoms with E-state index in [-0.39, 0.29) is 0 Å². The summed E-state index contributed by atoms with van der Waals surface area (Å²) in [5, 5.41) is 7.59. The van der Waals surface area contributed by atoms with Crippen LogP contribution < -0.4 is 10.1 Å². The van der Waals surface area contributed by atoms with Gasteiger partial charge in [0.15, 0.2) is 0 Å². The molecule has 1 atom stereocenters. The molecule has 1 fully saturated rings. The maximum Gasteiger partial charge on any atom is 0.227 e. The van der Waals surface area contributed by atoms with Gasteiger partial charge in [-0.1, -0.05) is 12.1 Å². The third-order valence-electron chi connectivity index (χ3n) is 5.10. The number of rotatable bonds is 4. The summed E-state index contributed by atoms with van der Waals surface area (Å²) >= 11 is 0. The first-order valence-corrected chi connectivity index (χ1v) is 8.59. The van der Waals surface area contributed by atoms with Gasteiger partial charge in [-0.15, -0.1) is 0 Å². The average Bonchev–Trinajstić information content (AvgIpc) is 3.23. The van der Waals surface area contributed by atoms with E-state index >= 15 is 0 Å². The zero-order chi connectivity index (χ0) is 15.6. The minimum Gasteiger partial charge on any atom is -0.493 e. The van der Waals surface area contributed by atoms with Crippen molar-refractivity contribution in [3.63, 3.8) is 0 Å². The van der Waals surface area contributed by atoms with Crippen LogP contribution in [0.4, 0.5) is 0 Å². The number of aromatic nitrogens is 2. The summed E-state index contributed by atoms with van der Waals surface area (Å²) in [5.74, 6) is 3.76. The first-order chi connectivity index (χ1) is 11.3. The molecule has 2 aliphatic rings. The molecular formula is C18H23N3O2. The molecule has 2 aromatic rings. The van der Waals surface area contributed by atoms with Crippen LogP contribution in [0.25, 0.3) is 11.4 Å². The molecule has 4 rings (SSSR count). The molecule has 5 heteroatoms. The van der Waals surface area contributed by atoms with Crippen LogP contribution in [0.3, 0.4) is 0 Å². The normalized spacial score (nSPS) is 19.3. The number of nitrogens with zero attached hydrogens (tertiary/aromatic N) is 2. The van der Waals surface area contributed by atoms with Gasteiger partial charge in [-0.2, -0.15) is 4.98 Å². The molecule has 0 amide bonds.